The van der Waals surface area contributed by atoms with Gasteiger partial charge in [-0.3, -0.25) is 0 Å². The standard InChI is InChI=1S/C37H37N2O/c1-23-14-16-28-29-17-15-25(22-38)34(36(29)40-35(28)33(23)32-13-7-8-19-39(32)4)26-20-30(24-10-5-6-11-24)27-12-9-18-37(2,3)31(27)21-26/h7-8,13-17,19-21,24H,5-6,9-12,18H2,1-4H3/q+1/i12D2,24D. The maximum Gasteiger partial charge on any atom is 0.216 e. The molecular weight excluding hydrogens is 488 g/mol. The zero-order chi connectivity index (χ0) is 30.3. The summed E-state index contributed by atoms with van der Waals surface area (Å²) in [6.07, 6.45) is 5.06. The molecule has 0 N–H and O–H groups in total. The second-order valence-electron chi connectivity index (χ2n) is 12.2. The summed E-state index contributed by atoms with van der Waals surface area (Å²) >= 11 is 0. The number of furan rings is 1. The van der Waals surface area contributed by atoms with Crippen LogP contribution in [0.25, 0.3) is 44.3 Å². The molecule has 2 aromatic heterocycles. The van der Waals surface area contributed by atoms with Crippen molar-refractivity contribution in [3.05, 3.63) is 88.6 Å². The zero-order valence-corrected chi connectivity index (χ0v) is 23.8. The van der Waals surface area contributed by atoms with Gasteiger partial charge in [0.25, 0.3) is 0 Å². The van der Waals surface area contributed by atoms with Gasteiger partial charge in [0.2, 0.25) is 5.69 Å². The number of aryl methyl sites for hydroxylation is 2. The summed E-state index contributed by atoms with van der Waals surface area (Å²) in [6.45, 7) is 6.46. The first-order chi connectivity index (χ1) is 20.4. The lowest BCUT2D eigenvalue weighted by atomic mass is 9.69. The van der Waals surface area contributed by atoms with E-state index in [0.717, 1.165) is 87.5 Å². The molecule has 0 spiro atoms. The second-order valence-corrected chi connectivity index (χ2v) is 12.2. The Hall–Kier alpha value is -3.90. The minimum absolute atomic E-state index is 0.262. The van der Waals surface area contributed by atoms with Crippen LogP contribution in [0.4, 0.5) is 0 Å². The lowest BCUT2D eigenvalue weighted by Crippen LogP contribution is -2.30. The summed E-state index contributed by atoms with van der Waals surface area (Å²) in [5, 5.41) is 12.3. The molecule has 2 aliphatic carbocycles. The molecule has 40 heavy (non-hydrogen) atoms. The number of aromatic nitrogens is 1. The van der Waals surface area contributed by atoms with Crippen LogP contribution in [0.2, 0.25) is 0 Å². The van der Waals surface area contributed by atoms with Crippen molar-refractivity contribution in [1.29, 1.82) is 5.26 Å². The van der Waals surface area contributed by atoms with E-state index >= 15 is 0 Å². The van der Waals surface area contributed by atoms with Crippen LogP contribution < -0.4 is 4.57 Å². The molecule has 0 saturated heterocycles. The highest BCUT2D eigenvalue weighted by Gasteiger charge is 2.33. The average Bonchev–Trinajstić information content (AvgIpc) is 3.59. The minimum Gasteiger partial charge on any atom is -0.454 e. The fourth-order valence-electron chi connectivity index (χ4n) is 6.98. The molecule has 0 unspecified atom stereocenters. The van der Waals surface area contributed by atoms with Crippen LogP contribution in [0, 0.1) is 18.3 Å². The molecule has 7 rings (SSSR count). The molecule has 3 aromatic carbocycles. The van der Waals surface area contributed by atoms with Crippen molar-refractivity contribution in [2.45, 2.75) is 77.0 Å². The summed E-state index contributed by atoms with van der Waals surface area (Å²) in [5.74, 6) is -0.845. The molecular formula is C37H37N2O+. The number of benzene rings is 3. The Balaban J connectivity index is 1.59. The normalized spacial score (nSPS) is 20.0. The lowest BCUT2D eigenvalue weighted by Gasteiger charge is -2.35. The molecule has 0 bridgehead atoms. The Bertz CT molecular complexity index is 1990. The van der Waals surface area contributed by atoms with Crippen LogP contribution in [0.15, 0.2) is 65.2 Å². The molecule has 0 aliphatic heterocycles. The van der Waals surface area contributed by atoms with Gasteiger partial charge in [-0.05, 0) is 96.3 Å². The van der Waals surface area contributed by atoms with E-state index < -0.39 is 12.3 Å². The fraction of sp³-hybridized carbons (Fsp3) is 0.351. The van der Waals surface area contributed by atoms with E-state index in [9.17, 15) is 6.63 Å². The number of pyridine rings is 1. The Labute approximate surface area is 241 Å². The molecule has 0 amide bonds. The quantitative estimate of drug-likeness (QED) is 0.219. The van der Waals surface area contributed by atoms with Crippen LogP contribution >= 0.6 is 0 Å². The second kappa shape index (κ2) is 9.34. The van der Waals surface area contributed by atoms with E-state index in [1.807, 2.05) is 43.6 Å². The summed E-state index contributed by atoms with van der Waals surface area (Å²) in [7, 11) is 2.03. The molecule has 0 atom stereocenters. The summed E-state index contributed by atoms with van der Waals surface area (Å²) in [4.78, 5) is 0. The van der Waals surface area contributed by atoms with Crippen LogP contribution in [0.1, 0.15) is 90.2 Å². The third kappa shape index (κ3) is 3.80. The highest BCUT2D eigenvalue weighted by molar-refractivity contribution is 6.14. The molecule has 200 valence electrons. The fourth-order valence-corrected chi connectivity index (χ4v) is 6.98. The first kappa shape index (κ1) is 21.9. The molecule has 2 aliphatic rings. The first-order valence-corrected chi connectivity index (χ1v) is 14.5. The van der Waals surface area contributed by atoms with E-state index in [4.69, 9.17) is 7.16 Å². The molecule has 1 saturated carbocycles. The van der Waals surface area contributed by atoms with E-state index in [2.05, 4.69) is 55.7 Å². The number of hydrogen-bond acceptors (Lipinski definition) is 2. The first-order valence-electron chi connectivity index (χ1n) is 16.0. The molecule has 2 heterocycles. The van der Waals surface area contributed by atoms with Crippen molar-refractivity contribution < 1.29 is 13.1 Å². The van der Waals surface area contributed by atoms with E-state index in [1.165, 1.54) is 0 Å². The molecule has 1 fully saturated rings. The Morgan fingerprint density at radius 2 is 1.75 bits per heavy atom. The van der Waals surface area contributed by atoms with E-state index in [-0.39, 0.29) is 5.41 Å². The molecule has 3 heteroatoms. The highest BCUT2D eigenvalue weighted by atomic mass is 16.3. The summed E-state index contributed by atoms with van der Waals surface area (Å²) < 4.78 is 36.7. The SMILES string of the molecule is [2H]C1([2H])CCC(C)(C)c2cc(-c3c(C#N)ccc4c3oc3c(-c5cccc[n+]5C)c(C)ccc34)cc(C3([2H])CCCC3)c21. The highest BCUT2D eigenvalue weighted by Crippen LogP contribution is 2.48. The third-order valence-corrected chi connectivity index (χ3v) is 9.25. The van der Waals surface area contributed by atoms with Gasteiger partial charge in [0.1, 0.15) is 18.2 Å². The molecule has 3 nitrogen and oxygen atoms in total. The van der Waals surface area contributed by atoms with Crippen molar-refractivity contribution in [3.8, 4) is 28.5 Å². The number of nitriles is 1. The summed E-state index contributed by atoms with van der Waals surface area (Å²) in [5.41, 5.74) is 8.89. The predicted molar refractivity (Wildman–Crippen MR) is 162 cm³/mol. The van der Waals surface area contributed by atoms with Crippen LogP contribution in [0.3, 0.4) is 0 Å². The topological polar surface area (TPSA) is 40.8 Å². The van der Waals surface area contributed by atoms with Gasteiger partial charge >= 0.3 is 0 Å². The minimum atomic E-state index is -1.50. The largest absolute Gasteiger partial charge is 0.454 e. The van der Waals surface area contributed by atoms with E-state index in [1.54, 1.807) is 0 Å². The maximum absolute atomic E-state index is 10.4. The smallest absolute Gasteiger partial charge is 0.216 e. The van der Waals surface area contributed by atoms with Crippen molar-refractivity contribution in [3.63, 3.8) is 0 Å². The van der Waals surface area contributed by atoms with Gasteiger partial charge in [0.05, 0.1) is 17.2 Å². The van der Waals surface area contributed by atoms with Crippen molar-refractivity contribution in [2.24, 2.45) is 7.05 Å². The van der Waals surface area contributed by atoms with Gasteiger partial charge in [-0.15, -0.1) is 0 Å². The van der Waals surface area contributed by atoms with Gasteiger partial charge in [-0.1, -0.05) is 51.0 Å². The van der Waals surface area contributed by atoms with Crippen molar-refractivity contribution in [1.82, 2.24) is 0 Å². The van der Waals surface area contributed by atoms with E-state index in [0.29, 0.717) is 23.1 Å². The maximum atomic E-state index is 10.4. The number of hydrogen-bond donors (Lipinski definition) is 0. The Kier molecular flexibility index (Phi) is 5.11. The molecule has 0 radical (unpaired) electrons. The van der Waals surface area contributed by atoms with Crippen LogP contribution in [0.5, 0.6) is 0 Å². The van der Waals surface area contributed by atoms with Crippen LogP contribution in [-0.4, -0.2) is 0 Å². The number of nitrogens with zero attached hydrogens (tertiary/aromatic N) is 2. The van der Waals surface area contributed by atoms with Crippen molar-refractivity contribution >= 4 is 21.9 Å². The Morgan fingerprint density at radius 3 is 2.50 bits per heavy atom. The average molecular weight is 529 g/mol. The van der Waals surface area contributed by atoms with Gasteiger partial charge in [-0.2, -0.15) is 5.26 Å². The predicted octanol–water partition coefficient (Wildman–Crippen LogP) is 9.20. The van der Waals surface area contributed by atoms with Crippen LogP contribution in [-0.2, 0) is 18.8 Å². The monoisotopic (exact) mass is 528 g/mol. The zero-order valence-electron chi connectivity index (χ0n) is 26.8. The number of rotatable bonds is 3. The summed E-state index contributed by atoms with van der Waals surface area (Å²) in [6, 6.07) is 20.8. The lowest BCUT2D eigenvalue weighted by molar-refractivity contribution is -0.660. The Morgan fingerprint density at radius 1 is 1.00 bits per heavy atom. The van der Waals surface area contributed by atoms with Gasteiger partial charge < -0.3 is 4.42 Å². The third-order valence-electron chi connectivity index (χ3n) is 9.25. The van der Waals surface area contributed by atoms with Gasteiger partial charge in [-0.25, -0.2) is 4.57 Å². The number of fused-ring (bicyclic) bond motifs is 4. The van der Waals surface area contributed by atoms with Crippen molar-refractivity contribution in [2.75, 3.05) is 0 Å². The van der Waals surface area contributed by atoms with Gasteiger partial charge in [0, 0.05) is 32.6 Å². The molecule has 5 aromatic rings. The van der Waals surface area contributed by atoms with Gasteiger partial charge in [0.15, 0.2) is 6.20 Å².